The van der Waals surface area contributed by atoms with Gasteiger partial charge in [-0.25, -0.2) is 13.8 Å². The summed E-state index contributed by atoms with van der Waals surface area (Å²) >= 11 is 6.07. The quantitative estimate of drug-likeness (QED) is 0.554. The van der Waals surface area contributed by atoms with Gasteiger partial charge in [-0.3, -0.25) is 14.8 Å². The Morgan fingerprint density at radius 3 is 2.19 bits per heavy atom. The second-order valence-corrected chi connectivity index (χ2v) is 6.07. The molecule has 0 fully saturated rings. The van der Waals surface area contributed by atoms with Gasteiger partial charge < -0.3 is 14.8 Å². The molecule has 162 valence electrons. The van der Waals surface area contributed by atoms with Crippen molar-refractivity contribution in [2.45, 2.75) is 20.1 Å². The maximum Gasteiger partial charge on any atom is 0.586 e. The maximum absolute atomic E-state index is 13.6. The van der Waals surface area contributed by atoms with Crippen LogP contribution >= 0.6 is 11.6 Å². The smallest absolute Gasteiger partial charge is 0.395 e. The normalized spacial score (nSPS) is 13.3. The van der Waals surface area contributed by atoms with E-state index in [2.05, 4.69) is 29.7 Å². The molecule has 4 rings (SSSR count). The number of anilines is 1. The summed E-state index contributed by atoms with van der Waals surface area (Å²) in [4.78, 5) is 23.3. The zero-order valence-electron chi connectivity index (χ0n) is 15.9. The van der Waals surface area contributed by atoms with Gasteiger partial charge in [-0.15, -0.1) is 8.78 Å². The van der Waals surface area contributed by atoms with E-state index in [4.69, 9.17) is 11.6 Å². The van der Waals surface area contributed by atoms with E-state index in [0.29, 0.717) is 12.4 Å². The molecule has 0 atom stereocenters. The van der Waals surface area contributed by atoms with Gasteiger partial charge in [0.25, 0.3) is 5.91 Å². The molecule has 1 N–H and O–H groups in total. The highest BCUT2D eigenvalue weighted by Crippen LogP contribution is 2.45. The van der Waals surface area contributed by atoms with Crippen molar-refractivity contribution in [2.75, 3.05) is 5.32 Å². The van der Waals surface area contributed by atoms with Crippen LogP contribution in [-0.2, 0) is 0 Å². The molecule has 0 bridgehead atoms. The van der Waals surface area contributed by atoms with Crippen LogP contribution < -0.4 is 14.8 Å². The lowest BCUT2D eigenvalue weighted by Crippen LogP contribution is -2.25. The van der Waals surface area contributed by atoms with Gasteiger partial charge in [-0.1, -0.05) is 25.4 Å². The number of hydrogen-bond donors (Lipinski definition) is 1. The summed E-state index contributed by atoms with van der Waals surface area (Å²) in [6.07, 6.45) is -0.145. The van der Waals surface area contributed by atoms with Crippen molar-refractivity contribution in [1.29, 1.82) is 0 Å². The molecule has 1 amide bonds. The SMILES string of the molecule is CC.O=C(Nc1cnc(-c2cc3c(cc2Cl)OC(F)(F)O3)cn1)c1c(F)cncc1F. The van der Waals surface area contributed by atoms with Gasteiger partial charge in [0.15, 0.2) is 29.0 Å². The predicted molar refractivity (Wildman–Crippen MR) is 102 cm³/mol. The minimum absolute atomic E-state index is 0.0389. The largest absolute Gasteiger partial charge is 0.586 e. The van der Waals surface area contributed by atoms with Crippen LogP contribution in [0.25, 0.3) is 11.3 Å². The Bertz CT molecular complexity index is 1110. The maximum atomic E-state index is 13.6. The van der Waals surface area contributed by atoms with Crippen LogP contribution in [0.15, 0.2) is 36.9 Å². The fraction of sp³-hybridized carbons (Fsp3) is 0.158. The molecule has 0 unspecified atom stereocenters. The summed E-state index contributed by atoms with van der Waals surface area (Å²) in [6, 6.07) is 2.34. The van der Waals surface area contributed by atoms with Gasteiger partial charge in [-0.2, -0.15) is 0 Å². The molecule has 1 aliphatic rings. The number of ether oxygens (including phenoxy) is 2. The van der Waals surface area contributed by atoms with E-state index in [1.54, 1.807) is 0 Å². The van der Waals surface area contributed by atoms with Gasteiger partial charge in [0.05, 0.1) is 35.5 Å². The molecule has 7 nitrogen and oxygen atoms in total. The van der Waals surface area contributed by atoms with E-state index in [0.717, 1.165) is 12.3 Å². The van der Waals surface area contributed by atoms with Crippen LogP contribution in [0.4, 0.5) is 23.4 Å². The minimum atomic E-state index is -3.80. The molecule has 12 heteroatoms. The molecule has 0 saturated heterocycles. The third-order valence-electron chi connectivity index (χ3n) is 3.74. The van der Waals surface area contributed by atoms with Crippen molar-refractivity contribution in [3.05, 3.63) is 59.1 Å². The van der Waals surface area contributed by atoms with Crippen LogP contribution in [0.5, 0.6) is 11.5 Å². The van der Waals surface area contributed by atoms with Crippen molar-refractivity contribution < 1.29 is 31.8 Å². The monoisotopic (exact) mass is 456 g/mol. The Morgan fingerprint density at radius 2 is 1.61 bits per heavy atom. The highest BCUT2D eigenvalue weighted by Gasteiger charge is 2.43. The number of amides is 1. The number of halogens is 5. The summed E-state index contributed by atoms with van der Waals surface area (Å²) in [6.45, 7) is 4.00. The van der Waals surface area contributed by atoms with E-state index in [1.165, 1.54) is 12.3 Å². The molecule has 3 heterocycles. The molecular formula is C19H13ClF4N4O3. The first-order valence-electron chi connectivity index (χ1n) is 8.75. The Balaban J connectivity index is 0.00000132. The van der Waals surface area contributed by atoms with Crippen molar-refractivity contribution in [2.24, 2.45) is 0 Å². The summed E-state index contributed by atoms with van der Waals surface area (Å²) in [5, 5.41) is 2.23. The second kappa shape index (κ2) is 8.72. The molecule has 3 aromatic rings. The van der Waals surface area contributed by atoms with E-state index in [-0.39, 0.29) is 33.6 Å². The molecule has 2 aromatic heterocycles. The van der Waals surface area contributed by atoms with Crippen molar-refractivity contribution >= 4 is 23.3 Å². The lowest BCUT2D eigenvalue weighted by molar-refractivity contribution is -0.286. The fourth-order valence-electron chi connectivity index (χ4n) is 2.51. The lowest BCUT2D eigenvalue weighted by Gasteiger charge is -2.08. The Morgan fingerprint density at radius 1 is 1.00 bits per heavy atom. The number of aromatic nitrogens is 3. The minimum Gasteiger partial charge on any atom is -0.395 e. The highest BCUT2D eigenvalue weighted by atomic mass is 35.5. The molecule has 0 saturated carbocycles. The van der Waals surface area contributed by atoms with Gasteiger partial charge in [0.2, 0.25) is 0 Å². The molecule has 0 spiro atoms. The van der Waals surface area contributed by atoms with E-state index in [1.807, 2.05) is 13.8 Å². The predicted octanol–water partition coefficient (Wildman–Crippen LogP) is 5.07. The van der Waals surface area contributed by atoms with Crippen LogP contribution in [0.1, 0.15) is 24.2 Å². The number of carbonyl (C=O) groups excluding carboxylic acids is 1. The number of hydrogen-bond acceptors (Lipinski definition) is 6. The van der Waals surface area contributed by atoms with E-state index in [9.17, 15) is 22.4 Å². The van der Waals surface area contributed by atoms with Crippen molar-refractivity contribution in [3.63, 3.8) is 0 Å². The van der Waals surface area contributed by atoms with Gasteiger partial charge in [0.1, 0.15) is 5.56 Å². The van der Waals surface area contributed by atoms with E-state index >= 15 is 0 Å². The summed E-state index contributed by atoms with van der Waals surface area (Å²) in [5.41, 5.74) is -0.454. The van der Waals surface area contributed by atoms with Gasteiger partial charge in [-0.05, 0) is 6.07 Å². The molecule has 1 aromatic carbocycles. The highest BCUT2D eigenvalue weighted by molar-refractivity contribution is 6.33. The standard InChI is InChI=1S/C17H7ClF4N4O3.C2H6/c18-8-2-13-12(28-17(21,22)29-13)1-7(8)11-5-25-14(6-24-11)26-16(27)15-9(19)3-23-4-10(15)20;1-2/h1-6H,(H,25,26,27);1-2H3. The molecule has 31 heavy (non-hydrogen) atoms. The number of benzene rings is 1. The first kappa shape index (κ1) is 22.2. The molecule has 0 radical (unpaired) electrons. The third-order valence-corrected chi connectivity index (χ3v) is 4.05. The molecular weight excluding hydrogens is 444 g/mol. The van der Waals surface area contributed by atoms with Crippen LogP contribution in [-0.4, -0.2) is 27.2 Å². The number of pyridine rings is 1. The van der Waals surface area contributed by atoms with Crippen LogP contribution in [0, 0.1) is 11.6 Å². The Kier molecular flexibility index (Phi) is 6.25. The first-order chi connectivity index (χ1) is 14.7. The first-order valence-corrected chi connectivity index (χ1v) is 9.13. The number of nitrogens with one attached hydrogen (secondary N) is 1. The number of carbonyl (C=O) groups is 1. The topological polar surface area (TPSA) is 86.2 Å². The Labute approximate surface area is 178 Å². The Hall–Kier alpha value is -3.47. The third kappa shape index (κ3) is 4.66. The van der Waals surface area contributed by atoms with Gasteiger partial charge >= 0.3 is 6.29 Å². The summed E-state index contributed by atoms with van der Waals surface area (Å²) < 4.78 is 62.2. The zero-order valence-corrected chi connectivity index (χ0v) is 16.7. The average Bonchev–Trinajstić information content (AvgIpc) is 3.02. The summed E-state index contributed by atoms with van der Waals surface area (Å²) in [7, 11) is 0. The number of alkyl halides is 2. The van der Waals surface area contributed by atoms with Crippen LogP contribution in [0.3, 0.4) is 0 Å². The molecule has 0 aliphatic carbocycles. The van der Waals surface area contributed by atoms with Crippen molar-refractivity contribution in [1.82, 2.24) is 15.0 Å². The summed E-state index contributed by atoms with van der Waals surface area (Å²) in [5.74, 6) is -3.96. The zero-order chi connectivity index (χ0) is 22.8. The second-order valence-electron chi connectivity index (χ2n) is 5.67. The average molecular weight is 457 g/mol. The van der Waals surface area contributed by atoms with Crippen molar-refractivity contribution in [3.8, 4) is 22.8 Å². The number of rotatable bonds is 3. The molecule has 1 aliphatic heterocycles. The van der Waals surface area contributed by atoms with E-state index < -0.39 is 29.4 Å². The number of fused-ring (bicyclic) bond motifs is 1. The van der Waals surface area contributed by atoms with Crippen LogP contribution in [0.2, 0.25) is 5.02 Å². The lowest BCUT2D eigenvalue weighted by atomic mass is 10.1. The fourth-order valence-corrected chi connectivity index (χ4v) is 2.76. The number of nitrogens with zero attached hydrogens (tertiary/aromatic N) is 3. The van der Waals surface area contributed by atoms with Gasteiger partial charge in [0, 0.05) is 11.6 Å².